The van der Waals surface area contributed by atoms with E-state index in [1.54, 1.807) is 43.3 Å². The maximum atomic E-state index is 13.3. The number of hydrogen-bond acceptors (Lipinski definition) is 4. The Morgan fingerprint density at radius 2 is 1.78 bits per heavy atom. The van der Waals surface area contributed by atoms with Crippen molar-refractivity contribution in [3.05, 3.63) is 64.9 Å². The van der Waals surface area contributed by atoms with Gasteiger partial charge >= 0.3 is 0 Å². The standard InChI is InChI=1S/C24H30ClFN2O4/c1-17(2)31-14-6-13-27-24(30)18(3)28(15-19-9-11-20(26)12-10-19)23(29)16-32-22-8-5-4-7-21(22)25/h4-5,7-12,17-18H,6,13-16H2,1-3H3,(H,27,30). The first-order chi connectivity index (χ1) is 15.3. The van der Waals surface area contributed by atoms with E-state index < -0.39 is 6.04 Å². The lowest BCUT2D eigenvalue weighted by molar-refractivity contribution is -0.142. The minimum atomic E-state index is -0.756. The molecule has 0 spiro atoms. The van der Waals surface area contributed by atoms with Crippen molar-refractivity contribution in [2.45, 2.75) is 45.9 Å². The van der Waals surface area contributed by atoms with E-state index in [1.165, 1.54) is 17.0 Å². The third-order valence-corrected chi connectivity index (χ3v) is 5.01. The van der Waals surface area contributed by atoms with Crippen LogP contribution in [0, 0.1) is 5.82 Å². The highest BCUT2D eigenvalue weighted by molar-refractivity contribution is 6.32. The molecular weight excluding hydrogens is 435 g/mol. The molecule has 8 heteroatoms. The van der Waals surface area contributed by atoms with E-state index in [0.29, 0.717) is 35.9 Å². The lowest BCUT2D eigenvalue weighted by Gasteiger charge is -2.29. The lowest BCUT2D eigenvalue weighted by atomic mass is 10.1. The van der Waals surface area contributed by atoms with E-state index in [0.717, 1.165) is 0 Å². The highest BCUT2D eigenvalue weighted by Gasteiger charge is 2.26. The minimum Gasteiger partial charge on any atom is -0.482 e. The van der Waals surface area contributed by atoms with Crippen molar-refractivity contribution < 1.29 is 23.5 Å². The summed E-state index contributed by atoms with van der Waals surface area (Å²) >= 11 is 6.09. The molecule has 174 valence electrons. The fourth-order valence-corrected chi connectivity index (χ4v) is 3.09. The molecule has 0 saturated heterocycles. The molecule has 32 heavy (non-hydrogen) atoms. The number of carbonyl (C=O) groups is 2. The molecule has 0 aromatic heterocycles. The van der Waals surface area contributed by atoms with E-state index in [-0.39, 0.29) is 36.9 Å². The first-order valence-corrected chi connectivity index (χ1v) is 11.0. The summed E-state index contributed by atoms with van der Waals surface area (Å²) in [4.78, 5) is 27.1. The number of benzene rings is 2. The number of nitrogens with zero attached hydrogens (tertiary/aromatic N) is 1. The number of hydrogen-bond donors (Lipinski definition) is 1. The van der Waals surface area contributed by atoms with Gasteiger partial charge in [0.05, 0.1) is 11.1 Å². The van der Waals surface area contributed by atoms with Gasteiger partial charge in [-0.3, -0.25) is 9.59 Å². The van der Waals surface area contributed by atoms with Crippen LogP contribution in [0.3, 0.4) is 0 Å². The molecule has 1 N–H and O–H groups in total. The molecule has 1 unspecified atom stereocenters. The summed E-state index contributed by atoms with van der Waals surface area (Å²) in [7, 11) is 0. The second-order valence-electron chi connectivity index (χ2n) is 7.61. The van der Waals surface area contributed by atoms with Gasteiger partial charge in [-0.05, 0) is 57.0 Å². The quantitative estimate of drug-likeness (QED) is 0.478. The van der Waals surface area contributed by atoms with Crippen LogP contribution in [0.4, 0.5) is 4.39 Å². The van der Waals surface area contributed by atoms with Crippen molar-refractivity contribution in [3.63, 3.8) is 0 Å². The molecule has 2 rings (SSSR count). The fourth-order valence-electron chi connectivity index (χ4n) is 2.90. The summed E-state index contributed by atoms with van der Waals surface area (Å²) in [6, 6.07) is 11.9. The number of carbonyl (C=O) groups excluding carboxylic acids is 2. The fraction of sp³-hybridized carbons (Fsp3) is 0.417. The van der Waals surface area contributed by atoms with Crippen LogP contribution < -0.4 is 10.1 Å². The molecule has 0 saturated carbocycles. The Morgan fingerprint density at radius 3 is 2.44 bits per heavy atom. The summed E-state index contributed by atoms with van der Waals surface area (Å²) in [6.07, 6.45) is 0.796. The molecule has 0 bridgehead atoms. The van der Waals surface area contributed by atoms with Crippen LogP contribution in [0.1, 0.15) is 32.8 Å². The van der Waals surface area contributed by atoms with Crippen LogP contribution in [0.25, 0.3) is 0 Å². The predicted molar refractivity (Wildman–Crippen MR) is 122 cm³/mol. The van der Waals surface area contributed by atoms with Gasteiger partial charge in [-0.25, -0.2) is 4.39 Å². The Morgan fingerprint density at radius 1 is 1.09 bits per heavy atom. The smallest absolute Gasteiger partial charge is 0.261 e. The van der Waals surface area contributed by atoms with E-state index in [9.17, 15) is 14.0 Å². The van der Waals surface area contributed by atoms with Crippen LogP contribution in [0.2, 0.25) is 5.02 Å². The Hall–Kier alpha value is -2.64. The number of amides is 2. The Balaban J connectivity index is 2.03. The maximum Gasteiger partial charge on any atom is 0.261 e. The van der Waals surface area contributed by atoms with Gasteiger partial charge in [0.1, 0.15) is 17.6 Å². The SMILES string of the molecule is CC(C)OCCCNC(=O)C(C)N(Cc1ccc(F)cc1)C(=O)COc1ccccc1Cl. The number of halogens is 2. The predicted octanol–water partition coefficient (Wildman–Crippen LogP) is 4.21. The Labute approximate surface area is 193 Å². The van der Waals surface area contributed by atoms with Crippen LogP contribution in [-0.2, 0) is 20.9 Å². The first-order valence-electron chi connectivity index (χ1n) is 10.6. The lowest BCUT2D eigenvalue weighted by Crippen LogP contribution is -2.49. The number of rotatable bonds is 12. The van der Waals surface area contributed by atoms with Crippen molar-refractivity contribution >= 4 is 23.4 Å². The van der Waals surface area contributed by atoms with E-state index in [1.807, 2.05) is 13.8 Å². The largest absolute Gasteiger partial charge is 0.482 e. The molecule has 6 nitrogen and oxygen atoms in total. The molecule has 2 aromatic carbocycles. The maximum absolute atomic E-state index is 13.3. The van der Waals surface area contributed by atoms with Crippen LogP contribution in [-0.4, -0.2) is 48.6 Å². The molecule has 0 fully saturated rings. The van der Waals surface area contributed by atoms with Crippen molar-refractivity contribution in [1.82, 2.24) is 10.2 Å². The van der Waals surface area contributed by atoms with E-state index in [2.05, 4.69) is 5.32 Å². The highest BCUT2D eigenvalue weighted by Crippen LogP contribution is 2.23. The minimum absolute atomic E-state index is 0.131. The van der Waals surface area contributed by atoms with Crippen molar-refractivity contribution in [1.29, 1.82) is 0 Å². The number of para-hydroxylation sites is 1. The monoisotopic (exact) mass is 464 g/mol. The molecule has 2 amide bonds. The van der Waals surface area contributed by atoms with Crippen molar-refractivity contribution in [2.75, 3.05) is 19.8 Å². The molecule has 0 aliphatic rings. The van der Waals surface area contributed by atoms with E-state index >= 15 is 0 Å². The number of ether oxygens (including phenoxy) is 2. The van der Waals surface area contributed by atoms with E-state index in [4.69, 9.17) is 21.1 Å². The van der Waals surface area contributed by atoms with Gasteiger partial charge in [0.2, 0.25) is 5.91 Å². The van der Waals surface area contributed by atoms with Gasteiger partial charge < -0.3 is 19.7 Å². The second kappa shape index (κ2) is 13.0. The third-order valence-electron chi connectivity index (χ3n) is 4.69. The van der Waals surface area contributed by atoms with Crippen molar-refractivity contribution in [2.24, 2.45) is 0 Å². The molecule has 0 radical (unpaired) electrons. The van der Waals surface area contributed by atoms with Gasteiger partial charge in [0.25, 0.3) is 5.91 Å². The third kappa shape index (κ3) is 8.48. The molecule has 2 aromatic rings. The molecule has 0 aliphatic carbocycles. The van der Waals surface area contributed by atoms with Crippen LogP contribution >= 0.6 is 11.6 Å². The normalized spacial score (nSPS) is 11.8. The zero-order chi connectivity index (χ0) is 23.5. The van der Waals surface area contributed by atoms with Gasteiger partial charge in [0.15, 0.2) is 6.61 Å². The summed E-state index contributed by atoms with van der Waals surface area (Å²) < 4.78 is 24.3. The number of nitrogens with one attached hydrogen (secondary N) is 1. The highest BCUT2D eigenvalue weighted by atomic mass is 35.5. The zero-order valence-corrected chi connectivity index (χ0v) is 19.4. The first kappa shape index (κ1) is 25.6. The molecule has 0 aliphatic heterocycles. The molecule has 1 atom stereocenters. The average molecular weight is 465 g/mol. The Kier molecular flexibility index (Phi) is 10.4. The molecule has 0 heterocycles. The van der Waals surface area contributed by atoms with Gasteiger partial charge in [0, 0.05) is 19.7 Å². The topological polar surface area (TPSA) is 67.9 Å². The molecular formula is C24H30ClFN2O4. The van der Waals surface area contributed by atoms with Gasteiger partial charge in [-0.2, -0.15) is 0 Å². The summed E-state index contributed by atoms with van der Waals surface area (Å²) in [5.74, 6) is -0.669. The summed E-state index contributed by atoms with van der Waals surface area (Å²) in [6.45, 7) is 6.37. The van der Waals surface area contributed by atoms with Crippen LogP contribution in [0.15, 0.2) is 48.5 Å². The summed E-state index contributed by atoms with van der Waals surface area (Å²) in [5, 5.41) is 3.22. The Bertz CT molecular complexity index is 877. The average Bonchev–Trinajstić information content (AvgIpc) is 2.77. The van der Waals surface area contributed by atoms with Gasteiger partial charge in [-0.15, -0.1) is 0 Å². The van der Waals surface area contributed by atoms with Crippen LogP contribution in [0.5, 0.6) is 5.75 Å². The zero-order valence-electron chi connectivity index (χ0n) is 18.6. The summed E-state index contributed by atoms with van der Waals surface area (Å²) in [5.41, 5.74) is 0.697. The second-order valence-corrected chi connectivity index (χ2v) is 8.01. The van der Waals surface area contributed by atoms with Crippen molar-refractivity contribution in [3.8, 4) is 5.75 Å². The van der Waals surface area contributed by atoms with Gasteiger partial charge in [-0.1, -0.05) is 35.9 Å².